The van der Waals surface area contributed by atoms with E-state index in [0.717, 1.165) is 21.3 Å². The summed E-state index contributed by atoms with van der Waals surface area (Å²) in [5.41, 5.74) is 7.03. The number of halogens is 1. The second kappa shape index (κ2) is 4.58. The molecule has 1 saturated carbocycles. The number of imidazole rings is 1. The van der Waals surface area contributed by atoms with Crippen LogP contribution < -0.4 is 5.73 Å². The predicted molar refractivity (Wildman–Crippen MR) is 82.4 cm³/mol. The van der Waals surface area contributed by atoms with Gasteiger partial charge in [-0.3, -0.25) is 4.79 Å². The molecule has 20 heavy (non-hydrogen) atoms. The second-order valence-electron chi connectivity index (χ2n) is 6.19. The molecule has 2 aromatic rings. The molecule has 0 bridgehead atoms. The monoisotopic (exact) mass is 335 g/mol. The number of rotatable bonds is 4. The van der Waals surface area contributed by atoms with Gasteiger partial charge in [0.2, 0.25) is 5.91 Å². The number of benzene rings is 1. The highest BCUT2D eigenvalue weighted by Gasteiger charge is 2.32. The SMILES string of the molecule is CC(C)(Cc1nc2cc(Br)ccc2n1C1CC1)C(N)=O. The Morgan fingerprint density at radius 2 is 2.20 bits per heavy atom. The zero-order valence-electron chi connectivity index (χ0n) is 11.7. The van der Waals surface area contributed by atoms with E-state index in [2.05, 4.69) is 26.6 Å². The number of amides is 1. The topological polar surface area (TPSA) is 60.9 Å². The molecule has 1 aromatic heterocycles. The standard InChI is InChI=1S/C15H18BrN3O/c1-15(2,14(17)20)8-13-18-11-7-9(16)3-6-12(11)19(13)10-4-5-10/h3,6-7,10H,4-5,8H2,1-2H3,(H2,17,20). The maximum absolute atomic E-state index is 11.6. The molecule has 1 fully saturated rings. The molecule has 1 amide bonds. The summed E-state index contributed by atoms with van der Waals surface area (Å²) in [6.07, 6.45) is 2.95. The van der Waals surface area contributed by atoms with Gasteiger partial charge >= 0.3 is 0 Å². The predicted octanol–water partition coefficient (Wildman–Crippen LogP) is 3.19. The first-order valence-corrected chi connectivity index (χ1v) is 7.64. The van der Waals surface area contributed by atoms with E-state index < -0.39 is 5.41 Å². The number of aromatic nitrogens is 2. The lowest BCUT2D eigenvalue weighted by Crippen LogP contribution is -2.34. The quantitative estimate of drug-likeness (QED) is 0.932. The van der Waals surface area contributed by atoms with Crippen LogP contribution in [-0.4, -0.2) is 15.5 Å². The second-order valence-corrected chi connectivity index (χ2v) is 7.10. The number of hydrogen-bond donors (Lipinski definition) is 1. The van der Waals surface area contributed by atoms with Gasteiger partial charge in [-0.2, -0.15) is 0 Å². The van der Waals surface area contributed by atoms with E-state index in [1.807, 2.05) is 26.0 Å². The highest BCUT2D eigenvalue weighted by Crippen LogP contribution is 2.40. The summed E-state index contributed by atoms with van der Waals surface area (Å²) in [6.45, 7) is 3.75. The van der Waals surface area contributed by atoms with Gasteiger partial charge in [-0.15, -0.1) is 0 Å². The summed E-state index contributed by atoms with van der Waals surface area (Å²) in [7, 11) is 0. The Balaban J connectivity index is 2.10. The molecule has 1 aliphatic carbocycles. The lowest BCUT2D eigenvalue weighted by atomic mass is 9.88. The van der Waals surface area contributed by atoms with Gasteiger partial charge in [0.15, 0.2) is 0 Å². The van der Waals surface area contributed by atoms with Gasteiger partial charge in [0.25, 0.3) is 0 Å². The van der Waals surface area contributed by atoms with Gasteiger partial charge in [0.05, 0.1) is 16.4 Å². The Kier molecular flexibility index (Phi) is 3.12. The number of carbonyl (C=O) groups excluding carboxylic acids is 1. The van der Waals surface area contributed by atoms with E-state index >= 15 is 0 Å². The normalized spacial score (nSPS) is 15.8. The molecule has 1 heterocycles. The Bertz CT molecular complexity index is 686. The summed E-state index contributed by atoms with van der Waals surface area (Å²) in [4.78, 5) is 16.3. The number of hydrogen-bond acceptors (Lipinski definition) is 2. The maximum atomic E-state index is 11.6. The van der Waals surface area contributed by atoms with Gasteiger partial charge in [-0.25, -0.2) is 4.98 Å². The molecule has 1 aliphatic rings. The van der Waals surface area contributed by atoms with Gasteiger partial charge in [-0.05, 0) is 31.0 Å². The lowest BCUT2D eigenvalue weighted by molar-refractivity contribution is -0.126. The molecule has 0 unspecified atom stereocenters. The lowest BCUT2D eigenvalue weighted by Gasteiger charge is -2.20. The van der Waals surface area contributed by atoms with Crippen molar-refractivity contribution in [2.24, 2.45) is 11.1 Å². The molecular weight excluding hydrogens is 318 g/mol. The van der Waals surface area contributed by atoms with E-state index in [1.165, 1.54) is 12.8 Å². The molecule has 5 heteroatoms. The first-order chi connectivity index (χ1) is 9.38. The van der Waals surface area contributed by atoms with Crippen LogP contribution in [-0.2, 0) is 11.2 Å². The van der Waals surface area contributed by atoms with Crippen LogP contribution in [0.4, 0.5) is 0 Å². The highest BCUT2D eigenvalue weighted by molar-refractivity contribution is 9.10. The van der Waals surface area contributed by atoms with Crippen molar-refractivity contribution in [2.45, 2.75) is 39.2 Å². The average molecular weight is 336 g/mol. The van der Waals surface area contributed by atoms with Crippen LogP contribution in [0.15, 0.2) is 22.7 Å². The van der Waals surface area contributed by atoms with Crippen LogP contribution in [0.1, 0.15) is 38.6 Å². The number of primary amides is 1. The number of carbonyl (C=O) groups is 1. The number of fused-ring (bicyclic) bond motifs is 1. The fourth-order valence-electron chi connectivity index (χ4n) is 2.47. The number of nitrogens with zero attached hydrogens (tertiary/aromatic N) is 2. The maximum Gasteiger partial charge on any atom is 0.223 e. The zero-order valence-corrected chi connectivity index (χ0v) is 13.3. The largest absolute Gasteiger partial charge is 0.369 e. The van der Waals surface area contributed by atoms with Crippen molar-refractivity contribution in [3.8, 4) is 0 Å². The molecule has 2 N–H and O–H groups in total. The summed E-state index contributed by atoms with van der Waals surface area (Å²) >= 11 is 3.48. The highest BCUT2D eigenvalue weighted by atomic mass is 79.9. The third-order valence-corrected chi connectivity index (χ3v) is 4.40. The molecule has 106 valence electrons. The molecule has 1 aromatic carbocycles. The molecule has 0 saturated heterocycles. The van der Waals surface area contributed by atoms with Crippen molar-refractivity contribution < 1.29 is 4.79 Å². The summed E-state index contributed by atoms with van der Waals surface area (Å²) < 4.78 is 3.30. The summed E-state index contributed by atoms with van der Waals surface area (Å²) in [5.74, 6) is 0.678. The van der Waals surface area contributed by atoms with Crippen molar-refractivity contribution in [1.29, 1.82) is 0 Å². The van der Waals surface area contributed by atoms with Crippen LogP contribution in [0.3, 0.4) is 0 Å². The Morgan fingerprint density at radius 1 is 1.50 bits per heavy atom. The molecule has 0 aliphatic heterocycles. The fraction of sp³-hybridized carbons (Fsp3) is 0.467. The minimum Gasteiger partial charge on any atom is -0.369 e. The van der Waals surface area contributed by atoms with Crippen molar-refractivity contribution in [3.05, 3.63) is 28.5 Å². The summed E-state index contributed by atoms with van der Waals surface area (Å²) in [5, 5.41) is 0. The number of nitrogens with two attached hydrogens (primary N) is 1. The van der Waals surface area contributed by atoms with E-state index in [-0.39, 0.29) is 5.91 Å². The Labute approximate surface area is 126 Å². The molecular formula is C15H18BrN3O. The minimum atomic E-state index is -0.578. The Hall–Kier alpha value is -1.36. The van der Waals surface area contributed by atoms with Crippen molar-refractivity contribution >= 4 is 32.9 Å². The molecule has 0 spiro atoms. The van der Waals surface area contributed by atoms with Crippen LogP contribution in [0, 0.1) is 5.41 Å². The molecule has 4 nitrogen and oxygen atoms in total. The van der Waals surface area contributed by atoms with Crippen LogP contribution in [0.5, 0.6) is 0 Å². The van der Waals surface area contributed by atoms with E-state index in [4.69, 9.17) is 10.7 Å². The van der Waals surface area contributed by atoms with Crippen molar-refractivity contribution in [1.82, 2.24) is 9.55 Å². The van der Waals surface area contributed by atoms with Gasteiger partial charge in [0, 0.05) is 16.9 Å². The van der Waals surface area contributed by atoms with Crippen LogP contribution in [0.25, 0.3) is 11.0 Å². The minimum absolute atomic E-state index is 0.284. The Morgan fingerprint density at radius 3 is 2.80 bits per heavy atom. The van der Waals surface area contributed by atoms with Crippen molar-refractivity contribution in [2.75, 3.05) is 0 Å². The van der Waals surface area contributed by atoms with Crippen LogP contribution in [0.2, 0.25) is 0 Å². The molecule has 3 rings (SSSR count). The van der Waals surface area contributed by atoms with E-state index in [1.54, 1.807) is 0 Å². The van der Waals surface area contributed by atoms with E-state index in [0.29, 0.717) is 12.5 Å². The van der Waals surface area contributed by atoms with Gasteiger partial charge in [0.1, 0.15) is 5.82 Å². The average Bonchev–Trinajstić information content (AvgIpc) is 3.11. The third-order valence-electron chi connectivity index (χ3n) is 3.90. The smallest absolute Gasteiger partial charge is 0.223 e. The van der Waals surface area contributed by atoms with E-state index in [9.17, 15) is 4.79 Å². The van der Waals surface area contributed by atoms with Gasteiger partial charge in [-0.1, -0.05) is 29.8 Å². The first-order valence-electron chi connectivity index (χ1n) is 6.85. The zero-order chi connectivity index (χ0) is 14.5. The molecule has 0 radical (unpaired) electrons. The fourth-order valence-corrected chi connectivity index (χ4v) is 2.82. The summed E-state index contributed by atoms with van der Waals surface area (Å²) in [6, 6.07) is 6.67. The molecule has 0 atom stereocenters. The van der Waals surface area contributed by atoms with Crippen molar-refractivity contribution in [3.63, 3.8) is 0 Å². The van der Waals surface area contributed by atoms with Crippen LogP contribution >= 0.6 is 15.9 Å². The van der Waals surface area contributed by atoms with Gasteiger partial charge < -0.3 is 10.3 Å². The first kappa shape index (κ1) is 13.6. The third kappa shape index (κ3) is 2.35.